The standard InChI is InChI=1S/C28H30N4O/c33-20-27-28(25-12-10-23(11-13-25)9-8-22-6-2-1-3-7-22)26-19-31(14-4-5-15-32(26)27)18-24-16-29-21-30-17-24/h1-3,6-7,10-13,16-17,21,26-28,33H,4-5,14-15,18-20H2/t26-,27+,28-/m1/s1. The normalized spacial score (nSPS) is 23.4. The fraction of sp³-hybridized carbons (Fsp3) is 0.357. The van der Waals surface area contributed by atoms with Crippen LogP contribution in [-0.2, 0) is 6.54 Å². The van der Waals surface area contributed by atoms with Gasteiger partial charge < -0.3 is 5.11 Å². The largest absolute Gasteiger partial charge is 0.395 e. The Kier molecular flexibility index (Phi) is 6.78. The molecule has 2 saturated heterocycles. The van der Waals surface area contributed by atoms with Crippen molar-refractivity contribution in [2.45, 2.75) is 37.4 Å². The summed E-state index contributed by atoms with van der Waals surface area (Å²) in [7, 11) is 0. The molecular formula is C28H30N4O. The van der Waals surface area contributed by atoms with Gasteiger partial charge in [-0.05, 0) is 55.8 Å². The van der Waals surface area contributed by atoms with E-state index in [1.54, 1.807) is 6.33 Å². The van der Waals surface area contributed by atoms with E-state index in [4.69, 9.17) is 0 Å². The Balaban J connectivity index is 1.32. The smallest absolute Gasteiger partial charge is 0.115 e. The van der Waals surface area contributed by atoms with E-state index in [0.717, 1.165) is 49.3 Å². The number of fused-ring (bicyclic) bond motifs is 1. The molecule has 0 aliphatic carbocycles. The summed E-state index contributed by atoms with van der Waals surface area (Å²) in [6, 6.07) is 19.3. The van der Waals surface area contributed by atoms with Crippen LogP contribution >= 0.6 is 0 Å². The number of aliphatic hydroxyl groups excluding tert-OH is 1. The van der Waals surface area contributed by atoms with Gasteiger partial charge in [-0.15, -0.1) is 0 Å². The lowest BCUT2D eigenvalue weighted by molar-refractivity contribution is -0.0655. The van der Waals surface area contributed by atoms with Crippen molar-refractivity contribution in [3.05, 3.63) is 95.6 Å². The average molecular weight is 439 g/mol. The van der Waals surface area contributed by atoms with E-state index in [0.29, 0.717) is 12.0 Å². The maximum absolute atomic E-state index is 10.2. The second kappa shape index (κ2) is 10.3. The molecule has 0 amide bonds. The van der Waals surface area contributed by atoms with E-state index >= 15 is 0 Å². The van der Waals surface area contributed by atoms with Gasteiger partial charge in [-0.2, -0.15) is 0 Å². The Hall–Kier alpha value is -3.04. The van der Waals surface area contributed by atoms with Crippen LogP contribution in [0.15, 0.2) is 73.3 Å². The molecule has 0 saturated carbocycles. The van der Waals surface area contributed by atoms with Gasteiger partial charge in [0, 0.05) is 60.2 Å². The number of hydrogen-bond donors (Lipinski definition) is 1. The summed E-state index contributed by atoms with van der Waals surface area (Å²) in [5.74, 6) is 6.83. The summed E-state index contributed by atoms with van der Waals surface area (Å²) >= 11 is 0. The monoisotopic (exact) mass is 438 g/mol. The van der Waals surface area contributed by atoms with Gasteiger partial charge >= 0.3 is 0 Å². The number of benzene rings is 2. The highest BCUT2D eigenvalue weighted by Gasteiger charge is 2.48. The van der Waals surface area contributed by atoms with E-state index in [2.05, 4.69) is 55.9 Å². The van der Waals surface area contributed by atoms with Crippen LogP contribution in [0, 0.1) is 11.8 Å². The molecule has 0 radical (unpaired) electrons. The summed E-state index contributed by atoms with van der Waals surface area (Å²) in [4.78, 5) is 13.4. The molecule has 5 heteroatoms. The highest BCUT2D eigenvalue weighted by Crippen LogP contribution is 2.42. The van der Waals surface area contributed by atoms with Gasteiger partial charge in [0.2, 0.25) is 0 Å². The van der Waals surface area contributed by atoms with Crippen LogP contribution in [0.2, 0.25) is 0 Å². The molecule has 0 spiro atoms. The lowest BCUT2D eigenvalue weighted by Crippen LogP contribution is -2.67. The third-order valence-corrected chi connectivity index (χ3v) is 6.89. The molecule has 5 rings (SSSR count). The minimum Gasteiger partial charge on any atom is -0.395 e. The third kappa shape index (κ3) is 4.99. The van der Waals surface area contributed by atoms with Crippen LogP contribution in [0.25, 0.3) is 0 Å². The van der Waals surface area contributed by atoms with Crippen molar-refractivity contribution in [2.24, 2.45) is 0 Å². The molecule has 0 unspecified atom stereocenters. The number of hydrogen-bond acceptors (Lipinski definition) is 5. The van der Waals surface area contributed by atoms with E-state index in [1.165, 1.54) is 12.0 Å². The zero-order chi connectivity index (χ0) is 22.5. The fourth-order valence-electron chi connectivity index (χ4n) is 5.28. The van der Waals surface area contributed by atoms with Crippen LogP contribution < -0.4 is 0 Å². The zero-order valence-electron chi connectivity index (χ0n) is 18.8. The first kappa shape index (κ1) is 21.8. The third-order valence-electron chi connectivity index (χ3n) is 6.89. The van der Waals surface area contributed by atoms with Gasteiger partial charge in [0.05, 0.1) is 6.61 Å². The van der Waals surface area contributed by atoms with Crippen LogP contribution in [0.1, 0.15) is 41.0 Å². The summed E-state index contributed by atoms with van der Waals surface area (Å²) in [6.45, 7) is 4.21. The highest BCUT2D eigenvalue weighted by molar-refractivity contribution is 5.44. The van der Waals surface area contributed by atoms with Gasteiger partial charge in [-0.3, -0.25) is 9.80 Å². The Labute approximate surface area is 196 Å². The van der Waals surface area contributed by atoms with Crippen molar-refractivity contribution in [1.82, 2.24) is 19.8 Å². The first-order valence-corrected chi connectivity index (χ1v) is 11.8. The minimum absolute atomic E-state index is 0.191. The summed E-state index contributed by atoms with van der Waals surface area (Å²) in [6.07, 6.45) is 7.74. The van der Waals surface area contributed by atoms with E-state index in [1.807, 2.05) is 42.7 Å². The second-order valence-electron chi connectivity index (χ2n) is 9.01. The molecule has 2 aromatic carbocycles. The molecule has 2 aliphatic rings. The van der Waals surface area contributed by atoms with Gasteiger partial charge in [0.15, 0.2) is 0 Å². The maximum atomic E-state index is 10.2. The van der Waals surface area contributed by atoms with Gasteiger partial charge in [-0.25, -0.2) is 9.97 Å². The zero-order valence-corrected chi connectivity index (χ0v) is 18.8. The highest BCUT2D eigenvalue weighted by atomic mass is 16.3. The molecule has 5 nitrogen and oxygen atoms in total. The summed E-state index contributed by atoms with van der Waals surface area (Å²) in [5, 5.41) is 10.2. The van der Waals surface area contributed by atoms with E-state index < -0.39 is 0 Å². The molecule has 33 heavy (non-hydrogen) atoms. The van der Waals surface area contributed by atoms with Crippen molar-refractivity contribution >= 4 is 0 Å². The van der Waals surface area contributed by atoms with E-state index in [-0.39, 0.29) is 12.6 Å². The first-order chi connectivity index (χ1) is 16.3. The first-order valence-electron chi connectivity index (χ1n) is 11.8. The van der Waals surface area contributed by atoms with Crippen molar-refractivity contribution in [1.29, 1.82) is 0 Å². The van der Waals surface area contributed by atoms with Gasteiger partial charge in [0.1, 0.15) is 6.33 Å². The molecule has 3 atom stereocenters. The molecule has 0 bridgehead atoms. The number of aromatic nitrogens is 2. The minimum atomic E-state index is 0.191. The molecule has 2 fully saturated rings. The van der Waals surface area contributed by atoms with Crippen molar-refractivity contribution in [2.75, 3.05) is 26.2 Å². The molecule has 1 N–H and O–H groups in total. The van der Waals surface area contributed by atoms with Gasteiger partial charge in [0.25, 0.3) is 0 Å². The fourth-order valence-corrected chi connectivity index (χ4v) is 5.28. The molecular weight excluding hydrogens is 408 g/mol. The van der Waals surface area contributed by atoms with Crippen LogP contribution in [0.3, 0.4) is 0 Å². The lowest BCUT2D eigenvalue weighted by atomic mass is 9.74. The number of rotatable bonds is 4. The van der Waals surface area contributed by atoms with Crippen molar-refractivity contribution in [3.8, 4) is 11.8 Å². The molecule has 168 valence electrons. The number of aliphatic hydroxyl groups is 1. The second-order valence-corrected chi connectivity index (χ2v) is 9.01. The predicted octanol–water partition coefficient (Wildman–Crippen LogP) is 3.30. The van der Waals surface area contributed by atoms with Crippen LogP contribution in [0.4, 0.5) is 0 Å². The van der Waals surface area contributed by atoms with Gasteiger partial charge in [-0.1, -0.05) is 42.2 Å². The molecule has 3 aromatic rings. The maximum Gasteiger partial charge on any atom is 0.115 e. The van der Waals surface area contributed by atoms with Crippen molar-refractivity contribution < 1.29 is 5.11 Å². The Morgan fingerprint density at radius 1 is 0.879 bits per heavy atom. The summed E-state index contributed by atoms with van der Waals surface area (Å²) in [5.41, 5.74) is 4.49. The van der Waals surface area contributed by atoms with E-state index in [9.17, 15) is 5.11 Å². The molecule has 3 heterocycles. The van der Waals surface area contributed by atoms with Crippen molar-refractivity contribution in [3.63, 3.8) is 0 Å². The lowest BCUT2D eigenvalue weighted by Gasteiger charge is -2.57. The summed E-state index contributed by atoms with van der Waals surface area (Å²) < 4.78 is 0. The van der Waals surface area contributed by atoms with Crippen LogP contribution in [-0.4, -0.2) is 63.2 Å². The molecule has 1 aromatic heterocycles. The number of nitrogens with zero attached hydrogens (tertiary/aromatic N) is 4. The SMILES string of the molecule is OC[C@H]1[C@H](c2ccc(C#Cc3ccccc3)cc2)[C@H]2CN(Cc3cncnc3)CCCCN21. The average Bonchev–Trinajstić information content (AvgIpc) is 2.85. The van der Waals surface area contributed by atoms with Crippen LogP contribution in [0.5, 0.6) is 0 Å². The Bertz CT molecular complexity index is 1090. The topological polar surface area (TPSA) is 52.5 Å². The predicted molar refractivity (Wildman–Crippen MR) is 130 cm³/mol. The molecule has 2 aliphatic heterocycles. The Morgan fingerprint density at radius 2 is 1.58 bits per heavy atom. The quantitative estimate of drug-likeness (QED) is 0.634. The Morgan fingerprint density at radius 3 is 2.30 bits per heavy atom.